The molecule has 0 saturated heterocycles. The van der Waals surface area contributed by atoms with E-state index in [4.69, 9.17) is 0 Å². The second kappa shape index (κ2) is 16.6. The minimum Gasteiger partial charge on any atom is -1.00 e. The number of hydrogen-bond donors (Lipinski definition) is 0. The van der Waals surface area contributed by atoms with E-state index in [0.717, 1.165) is 33.9 Å². The third kappa shape index (κ3) is 9.28. The van der Waals surface area contributed by atoms with E-state index < -0.39 is 44.7 Å². The predicted molar refractivity (Wildman–Crippen MR) is 216 cm³/mol. The van der Waals surface area contributed by atoms with Crippen molar-refractivity contribution in [2.45, 2.75) is 116 Å². The van der Waals surface area contributed by atoms with Gasteiger partial charge in [-0.3, -0.25) is 0 Å². The Labute approximate surface area is 361 Å². The molecule has 58 heavy (non-hydrogen) atoms. The third-order valence-corrected chi connectivity index (χ3v) is 20.1. The van der Waals surface area contributed by atoms with Crippen LogP contribution >= 0.6 is 0 Å². The molecular weight excluding hydrogens is 865 g/mol. The molecule has 1 atom stereocenters. The van der Waals surface area contributed by atoms with Gasteiger partial charge in [0.1, 0.15) is 0 Å². The number of allylic oxidation sites excluding steroid dienone is 4. The molecule has 2 aliphatic carbocycles. The molecule has 4 aromatic carbocycles. The SMILES string of the molecule is CCC1C=C(C(C)(C)C)C=[C]1[Zr+2](=[C](c1ccc(C(F)(F)F)cc1)c1ccc(C(F)(F)F)cc1)[CH]1c2cc(C)c(C(C)(C)C)cc2-c2cc(C(C)(C)C)c(C)cc21.[Cl-].[Cl-]. The Kier molecular flexibility index (Phi) is 13.7. The van der Waals surface area contributed by atoms with Crippen molar-refractivity contribution in [3.63, 3.8) is 0 Å². The molecule has 0 spiro atoms. The molecule has 0 N–H and O–H groups in total. The normalized spacial score (nSPS) is 15.7. The molecule has 0 fully saturated rings. The van der Waals surface area contributed by atoms with Crippen molar-refractivity contribution in [2.75, 3.05) is 0 Å². The van der Waals surface area contributed by atoms with E-state index in [0.29, 0.717) is 11.1 Å². The van der Waals surface area contributed by atoms with Gasteiger partial charge in [0.2, 0.25) is 0 Å². The van der Waals surface area contributed by atoms with Crippen molar-refractivity contribution in [3.05, 3.63) is 149 Å². The summed E-state index contributed by atoms with van der Waals surface area (Å²) < 4.78 is 86.3. The molecule has 0 amide bonds. The van der Waals surface area contributed by atoms with E-state index in [-0.39, 0.29) is 50.6 Å². The average molecular weight is 919 g/mol. The number of rotatable bonds is 5. The minimum atomic E-state index is -4.53. The molecular formula is C49H54Cl2F6Zr. The van der Waals surface area contributed by atoms with Crippen LogP contribution in [-0.2, 0) is 44.4 Å². The Hall–Kier alpha value is -2.73. The van der Waals surface area contributed by atoms with Gasteiger partial charge in [0.05, 0.1) is 0 Å². The van der Waals surface area contributed by atoms with E-state index >= 15 is 0 Å². The molecule has 0 heterocycles. The fourth-order valence-electron chi connectivity index (χ4n) is 8.79. The van der Waals surface area contributed by atoms with Crippen LogP contribution in [0.5, 0.6) is 0 Å². The molecule has 9 heteroatoms. The number of benzene rings is 4. The maximum atomic E-state index is 14.0. The van der Waals surface area contributed by atoms with Gasteiger partial charge in [-0.25, -0.2) is 0 Å². The predicted octanol–water partition coefficient (Wildman–Crippen LogP) is 8.80. The fraction of sp³-hybridized carbons (Fsp3) is 0.408. The Balaban J connectivity index is 0.00000372. The first kappa shape index (κ1) is 47.9. The summed E-state index contributed by atoms with van der Waals surface area (Å²) in [5, 5.41) is 0. The van der Waals surface area contributed by atoms with Crippen molar-refractivity contribution in [2.24, 2.45) is 11.3 Å². The number of alkyl halides is 6. The van der Waals surface area contributed by atoms with E-state index in [2.05, 4.69) is 120 Å². The Morgan fingerprint density at radius 3 is 1.26 bits per heavy atom. The summed E-state index contributed by atoms with van der Waals surface area (Å²) in [4.78, 5) is 0. The Bertz CT molecular complexity index is 2140. The van der Waals surface area contributed by atoms with Crippen LogP contribution in [0.2, 0.25) is 0 Å². The minimum absolute atomic E-state index is 0. The maximum absolute atomic E-state index is 14.0. The van der Waals surface area contributed by atoms with E-state index in [1.54, 1.807) is 24.3 Å². The molecule has 0 radical (unpaired) electrons. The van der Waals surface area contributed by atoms with Crippen molar-refractivity contribution in [1.82, 2.24) is 0 Å². The molecule has 0 aliphatic heterocycles. The molecule has 0 saturated carbocycles. The van der Waals surface area contributed by atoms with E-state index in [9.17, 15) is 26.3 Å². The van der Waals surface area contributed by atoms with Crippen LogP contribution in [0.4, 0.5) is 26.3 Å². The molecule has 0 aromatic heterocycles. The summed E-state index contributed by atoms with van der Waals surface area (Å²) in [6.07, 6.45) is -3.50. The second-order valence-electron chi connectivity index (χ2n) is 18.9. The largest absolute Gasteiger partial charge is 1.00 e. The monoisotopic (exact) mass is 916 g/mol. The quantitative estimate of drug-likeness (QED) is 0.176. The molecule has 310 valence electrons. The summed E-state index contributed by atoms with van der Waals surface area (Å²) in [5.41, 5.74) is 10.2. The van der Waals surface area contributed by atoms with Gasteiger partial charge in [-0.1, -0.05) is 0 Å². The van der Waals surface area contributed by atoms with Crippen LogP contribution in [0.15, 0.2) is 93.8 Å². The van der Waals surface area contributed by atoms with Crippen LogP contribution in [-0.4, -0.2) is 3.21 Å². The summed E-state index contributed by atoms with van der Waals surface area (Å²) >= 11 is -3.61. The Morgan fingerprint density at radius 1 is 0.569 bits per heavy atom. The summed E-state index contributed by atoms with van der Waals surface area (Å²) in [6, 6.07) is 20.1. The third-order valence-electron chi connectivity index (χ3n) is 11.6. The fourth-order valence-corrected chi connectivity index (χ4v) is 18.5. The van der Waals surface area contributed by atoms with E-state index in [1.807, 2.05) is 0 Å². The van der Waals surface area contributed by atoms with Gasteiger partial charge in [0, 0.05) is 0 Å². The van der Waals surface area contributed by atoms with Crippen LogP contribution in [0.25, 0.3) is 11.1 Å². The second-order valence-corrected chi connectivity index (χ2v) is 25.0. The first-order valence-electron chi connectivity index (χ1n) is 19.6. The number of halogens is 8. The standard InChI is InChI=1S/C23H29.C15H8F6.C11H17.2ClH.Zr/c1-14-9-16-11-17-10-15(2)21(23(6,7)8)13-19(17)18(16)12-20(14)22(3,4)5;16-14(17,18)12-5-1-10(2-6-12)9-11-3-7-13(8-4-11)15(19,20)21;1-5-9-6-7-10(8-9)11(2,3)4;;;/h9-13H,1-8H3;1-8H;7-9H,5H2,1-4H3;2*1H;/q;;;;;+2/p-2. The van der Waals surface area contributed by atoms with Crippen molar-refractivity contribution in [3.8, 4) is 11.1 Å². The van der Waals surface area contributed by atoms with Gasteiger partial charge in [0.25, 0.3) is 0 Å². The van der Waals surface area contributed by atoms with Gasteiger partial charge < -0.3 is 24.8 Å². The summed E-state index contributed by atoms with van der Waals surface area (Å²) in [5.74, 6) is 0.0925. The smallest absolute Gasteiger partial charge is 1.00 e. The summed E-state index contributed by atoms with van der Waals surface area (Å²) in [6.45, 7) is 26.4. The molecule has 1 unspecified atom stereocenters. The van der Waals surface area contributed by atoms with Crippen LogP contribution < -0.4 is 24.8 Å². The van der Waals surface area contributed by atoms with Crippen LogP contribution in [0.3, 0.4) is 0 Å². The average Bonchev–Trinajstić information content (AvgIpc) is 3.64. The molecule has 2 aliphatic rings. The number of aryl methyl sites for hydroxylation is 2. The van der Waals surface area contributed by atoms with Crippen molar-refractivity contribution >= 4 is 3.21 Å². The first-order chi connectivity index (χ1) is 25.7. The van der Waals surface area contributed by atoms with Gasteiger partial charge in [-0.2, -0.15) is 0 Å². The molecule has 6 rings (SSSR count). The molecule has 4 aromatic rings. The molecule has 0 nitrogen and oxygen atoms in total. The Morgan fingerprint density at radius 2 is 0.948 bits per heavy atom. The van der Waals surface area contributed by atoms with Gasteiger partial charge >= 0.3 is 339 Å². The number of hydrogen-bond acceptors (Lipinski definition) is 0. The van der Waals surface area contributed by atoms with E-state index in [1.165, 1.54) is 53.4 Å². The topological polar surface area (TPSA) is 0 Å². The number of fused-ring (bicyclic) bond motifs is 3. The maximum Gasteiger partial charge on any atom is -1.00 e. The first-order valence-corrected chi connectivity index (χ1v) is 23.4. The summed E-state index contributed by atoms with van der Waals surface area (Å²) in [7, 11) is 0. The zero-order valence-corrected chi connectivity index (χ0v) is 39.4. The van der Waals surface area contributed by atoms with Gasteiger partial charge in [-0.05, 0) is 0 Å². The molecule has 0 bridgehead atoms. The van der Waals surface area contributed by atoms with Gasteiger partial charge in [0.15, 0.2) is 0 Å². The van der Waals surface area contributed by atoms with Crippen molar-refractivity contribution < 1.29 is 72.4 Å². The van der Waals surface area contributed by atoms with Crippen LogP contribution in [0.1, 0.15) is 135 Å². The van der Waals surface area contributed by atoms with Gasteiger partial charge in [-0.15, -0.1) is 0 Å². The van der Waals surface area contributed by atoms with Crippen LogP contribution in [0, 0.1) is 25.2 Å². The zero-order valence-electron chi connectivity index (χ0n) is 35.5. The zero-order chi connectivity index (χ0) is 41.5. The van der Waals surface area contributed by atoms with Crippen molar-refractivity contribution in [1.29, 1.82) is 0 Å².